The summed E-state index contributed by atoms with van der Waals surface area (Å²) in [5, 5.41) is 8.40. The van der Waals surface area contributed by atoms with Gasteiger partial charge in [0.1, 0.15) is 0 Å². The molecular weight excluding hydrogens is 356 g/mol. The number of alkyl carbamates (subject to hydrolysis) is 1. The lowest BCUT2D eigenvalue weighted by Gasteiger charge is -2.18. The second kappa shape index (κ2) is 9.64. The number of hydrogen-bond donors (Lipinski definition) is 3. The molecule has 1 aliphatic rings. The lowest BCUT2D eigenvalue weighted by Crippen LogP contribution is -2.34. The van der Waals surface area contributed by atoms with Gasteiger partial charge in [0.05, 0.1) is 7.11 Å². The van der Waals surface area contributed by atoms with Crippen LogP contribution < -0.4 is 20.9 Å². The maximum Gasteiger partial charge on any atom is 0.407 e. The third-order valence-electron chi connectivity index (χ3n) is 4.79. The van der Waals surface area contributed by atoms with Gasteiger partial charge in [0.2, 0.25) is 0 Å². The first kappa shape index (κ1) is 19.5. The lowest BCUT2D eigenvalue weighted by molar-refractivity contribution is 0.170. The van der Waals surface area contributed by atoms with Crippen LogP contribution in [0.3, 0.4) is 0 Å². The molecule has 1 heterocycles. The first-order chi connectivity index (χ1) is 13.6. The average Bonchev–Trinajstić information content (AvgIpc) is 3.21. The highest BCUT2D eigenvalue weighted by atomic mass is 16.5. The highest BCUT2D eigenvalue weighted by Crippen LogP contribution is 2.23. The average molecular weight is 382 g/mol. The van der Waals surface area contributed by atoms with Crippen molar-refractivity contribution >= 4 is 23.5 Å². The van der Waals surface area contributed by atoms with E-state index in [9.17, 15) is 9.59 Å². The molecule has 0 aromatic heterocycles. The molecule has 1 atom stereocenters. The van der Waals surface area contributed by atoms with Crippen LogP contribution in [0.5, 0.6) is 0 Å². The smallest absolute Gasteiger partial charge is 0.407 e. The summed E-state index contributed by atoms with van der Waals surface area (Å²) in [6.45, 7) is 2.99. The number of carbonyl (C=O) groups is 2. The normalized spacial score (nSPS) is 15.8. The second-order valence-corrected chi connectivity index (χ2v) is 6.81. The van der Waals surface area contributed by atoms with Crippen LogP contribution in [0.4, 0.5) is 21.0 Å². The van der Waals surface area contributed by atoms with Crippen molar-refractivity contribution in [2.24, 2.45) is 5.92 Å². The first-order valence-electron chi connectivity index (χ1n) is 9.39. The zero-order valence-corrected chi connectivity index (χ0v) is 16.0. The van der Waals surface area contributed by atoms with Gasteiger partial charge in [0.25, 0.3) is 0 Å². The van der Waals surface area contributed by atoms with E-state index in [1.54, 1.807) is 12.1 Å². The summed E-state index contributed by atoms with van der Waals surface area (Å²) in [7, 11) is 1.33. The van der Waals surface area contributed by atoms with Crippen molar-refractivity contribution in [3.63, 3.8) is 0 Å². The monoisotopic (exact) mass is 382 g/mol. The van der Waals surface area contributed by atoms with E-state index in [1.165, 1.54) is 12.8 Å². The summed E-state index contributed by atoms with van der Waals surface area (Å²) in [6.07, 6.45) is 0.594. The fraction of sp³-hybridized carbons (Fsp3) is 0.333. The van der Waals surface area contributed by atoms with Gasteiger partial charge in [0.15, 0.2) is 0 Å². The Morgan fingerprint density at radius 3 is 2.54 bits per heavy atom. The summed E-state index contributed by atoms with van der Waals surface area (Å²) in [5.41, 5.74) is 2.86. The van der Waals surface area contributed by atoms with Crippen molar-refractivity contribution in [3.8, 4) is 0 Å². The van der Waals surface area contributed by atoms with E-state index >= 15 is 0 Å². The van der Waals surface area contributed by atoms with E-state index in [0.717, 1.165) is 25.1 Å². The third kappa shape index (κ3) is 5.64. The van der Waals surface area contributed by atoms with E-state index in [2.05, 4.69) is 37.7 Å². The fourth-order valence-electron chi connectivity index (χ4n) is 3.24. The molecule has 0 aliphatic carbocycles. The Hall–Kier alpha value is -3.22. The molecule has 2 aromatic rings. The van der Waals surface area contributed by atoms with Gasteiger partial charge in [0, 0.05) is 37.6 Å². The van der Waals surface area contributed by atoms with Crippen molar-refractivity contribution in [3.05, 3.63) is 60.2 Å². The predicted octanol–water partition coefficient (Wildman–Crippen LogP) is 3.19. The topological polar surface area (TPSA) is 82.7 Å². The highest BCUT2D eigenvalue weighted by molar-refractivity contribution is 5.89. The fourth-order valence-corrected chi connectivity index (χ4v) is 3.24. The van der Waals surface area contributed by atoms with Crippen molar-refractivity contribution in [1.29, 1.82) is 0 Å². The van der Waals surface area contributed by atoms with Gasteiger partial charge in [-0.15, -0.1) is 0 Å². The van der Waals surface area contributed by atoms with Gasteiger partial charge in [-0.3, -0.25) is 0 Å². The highest BCUT2D eigenvalue weighted by Gasteiger charge is 2.22. The molecule has 1 fully saturated rings. The van der Waals surface area contributed by atoms with Crippen LogP contribution in [0.2, 0.25) is 0 Å². The molecule has 28 heavy (non-hydrogen) atoms. The lowest BCUT2D eigenvalue weighted by atomic mass is 10.1. The number of hydrogen-bond acceptors (Lipinski definition) is 4. The molecule has 0 saturated carbocycles. The molecule has 2 aromatic carbocycles. The van der Waals surface area contributed by atoms with E-state index in [-0.39, 0.29) is 6.03 Å². The molecule has 0 radical (unpaired) electrons. The van der Waals surface area contributed by atoms with Gasteiger partial charge in [-0.05, 0) is 42.2 Å². The van der Waals surface area contributed by atoms with Gasteiger partial charge in [-0.25, -0.2) is 9.59 Å². The zero-order chi connectivity index (χ0) is 19.8. The summed E-state index contributed by atoms with van der Waals surface area (Å²) in [5.74, 6) is 0.442. The Morgan fingerprint density at radius 2 is 1.82 bits per heavy atom. The Labute approximate surface area is 165 Å². The van der Waals surface area contributed by atoms with Crippen LogP contribution in [0, 0.1) is 5.92 Å². The van der Waals surface area contributed by atoms with Crippen LogP contribution in [0.25, 0.3) is 0 Å². The van der Waals surface area contributed by atoms with E-state index in [0.29, 0.717) is 24.7 Å². The van der Waals surface area contributed by atoms with E-state index in [4.69, 9.17) is 0 Å². The number of methoxy groups -OCH3 is 1. The minimum Gasteiger partial charge on any atom is -0.453 e. The molecule has 0 bridgehead atoms. The van der Waals surface area contributed by atoms with Gasteiger partial charge in [-0.1, -0.05) is 30.3 Å². The zero-order valence-electron chi connectivity index (χ0n) is 16.0. The SMILES string of the molecule is COC(=O)NCc1ccc(NC(=O)NC[C@H]2CCN(c3ccccc3)C2)cc1. The Bertz CT molecular complexity index is 780. The predicted molar refractivity (Wildman–Crippen MR) is 109 cm³/mol. The van der Waals surface area contributed by atoms with Crippen LogP contribution in [0.1, 0.15) is 12.0 Å². The number of anilines is 2. The van der Waals surface area contributed by atoms with Crippen molar-refractivity contribution in [1.82, 2.24) is 10.6 Å². The van der Waals surface area contributed by atoms with E-state index in [1.807, 2.05) is 30.3 Å². The Morgan fingerprint density at radius 1 is 1.07 bits per heavy atom. The summed E-state index contributed by atoms with van der Waals surface area (Å²) >= 11 is 0. The largest absolute Gasteiger partial charge is 0.453 e. The van der Waals surface area contributed by atoms with E-state index < -0.39 is 6.09 Å². The summed E-state index contributed by atoms with van der Waals surface area (Å²) in [6, 6.07) is 17.4. The molecule has 3 rings (SSSR count). The van der Waals surface area contributed by atoms with Gasteiger partial charge in [-0.2, -0.15) is 0 Å². The molecule has 7 nitrogen and oxygen atoms in total. The maximum atomic E-state index is 12.2. The third-order valence-corrected chi connectivity index (χ3v) is 4.79. The molecule has 1 saturated heterocycles. The van der Waals surface area contributed by atoms with Crippen LogP contribution >= 0.6 is 0 Å². The molecule has 0 spiro atoms. The number of carbonyl (C=O) groups excluding carboxylic acids is 2. The Balaban J connectivity index is 1.39. The number of ether oxygens (including phenoxy) is 1. The number of urea groups is 1. The van der Waals surface area contributed by atoms with Crippen LogP contribution in [-0.4, -0.2) is 38.9 Å². The van der Waals surface area contributed by atoms with Crippen molar-refractivity contribution in [2.45, 2.75) is 13.0 Å². The maximum absolute atomic E-state index is 12.2. The van der Waals surface area contributed by atoms with Crippen LogP contribution in [0.15, 0.2) is 54.6 Å². The number of amides is 3. The molecule has 1 aliphatic heterocycles. The van der Waals surface area contributed by atoms with Crippen LogP contribution in [-0.2, 0) is 11.3 Å². The van der Waals surface area contributed by atoms with Crippen molar-refractivity contribution < 1.29 is 14.3 Å². The number of para-hydroxylation sites is 1. The molecule has 148 valence electrons. The number of rotatable bonds is 6. The second-order valence-electron chi connectivity index (χ2n) is 6.81. The molecule has 7 heteroatoms. The molecule has 0 unspecified atom stereocenters. The van der Waals surface area contributed by atoms with Gasteiger partial charge >= 0.3 is 12.1 Å². The number of nitrogens with one attached hydrogen (secondary N) is 3. The summed E-state index contributed by atoms with van der Waals surface area (Å²) < 4.78 is 4.53. The minimum atomic E-state index is -0.473. The molecular formula is C21H26N4O3. The molecule has 3 amide bonds. The quantitative estimate of drug-likeness (QED) is 0.717. The van der Waals surface area contributed by atoms with Crippen molar-refractivity contribution in [2.75, 3.05) is 37.0 Å². The Kier molecular flexibility index (Phi) is 6.73. The molecule has 3 N–H and O–H groups in total. The standard InChI is InChI=1S/C21H26N4O3/c1-28-21(27)23-13-16-7-9-18(10-8-16)24-20(26)22-14-17-11-12-25(15-17)19-5-3-2-4-6-19/h2-10,17H,11-15H2,1H3,(H,23,27)(H2,22,24,26)/t17-/m1/s1. The minimum absolute atomic E-state index is 0.210. The number of nitrogens with zero attached hydrogens (tertiary/aromatic N) is 1. The number of benzene rings is 2. The van der Waals surface area contributed by atoms with Gasteiger partial charge < -0.3 is 25.6 Å². The summed E-state index contributed by atoms with van der Waals surface area (Å²) in [4.78, 5) is 25.6. The first-order valence-corrected chi connectivity index (χ1v) is 9.39.